The number of sulfone groups is 1. The van der Waals surface area contributed by atoms with Gasteiger partial charge in [-0.15, -0.1) is 0 Å². The molecule has 0 atom stereocenters. The molecule has 146 valence electrons. The van der Waals surface area contributed by atoms with Crippen molar-refractivity contribution < 1.29 is 17.9 Å². The van der Waals surface area contributed by atoms with Crippen LogP contribution in [0.1, 0.15) is 6.92 Å². The van der Waals surface area contributed by atoms with E-state index in [1.54, 1.807) is 14.2 Å². The van der Waals surface area contributed by atoms with Crippen LogP contribution >= 0.6 is 0 Å². The first kappa shape index (κ1) is 20.3. The molecule has 0 saturated carbocycles. The van der Waals surface area contributed by atoms with Crippen LogP contribution in [0.4, 0.5) is 5.69 Å². The molecule has 1 saturated heterocycles. The quantitative estimate of drug-likeness (QED) is 0.531. The number of guanidine groups is 1. The molecule has 1 aromatic carbocycles. The molecular formula is C17H28N4O4S. The maximum Gasteiger partial charge on any atom is 0.195 e. The minimum Gasteiger partial charge on any atom is -0.493 e. The van der Waals surface area contributed by atoms with E-state index in [0.29, 0.717) is 43.7 Å². The largest absolute Gasteiger partial charge is 0.493 e. The molecule has 8 nitrogen and oxygen atoms in total. The average molecular weight is 385 g/mol. The molecule has 1 aliphatic rings. The number of anilines is 1. The van der Waals surface area contributed by atoms with Crippen LogP contribution in [0.3, 0.4) is 0 Å². The average Bonchev–Trinajstić information content (AvgIpc) is 2.63. The summed E-state index contributed by atoms with van der Waals surface area (Å²) in [6.45, 7) is 5.12. The fourth-order valence-corrected chi connectivity index (χ4v) is 3.92. The van der Waals surface area contributed by atoms with Crippen LogP contribution in [0, 0.1) is 0 Å². The Morgan fingerprint density at radius 2 is 2.00 bits per heavy atom. The lowest BCUT2D eigenvalue weighted by Gasteiger charge is -2.26. The summed E-state index contributed by atoms with van der Waals surface area (Å²) in [5, 5.41) is 6.45. The van der Waals surface area contributed by atoms with E-state index in [2.05, 4.69) is 20.5 Å². The minimum atomic E-state index is -2.84. The molecule has 0 amide bonds. The zero-order valence-corrected chi connectivity index (χ0v) is 16.4. The van der Waals surface area contributed by atoms with Crippen molar-refractivity contribution in [2.75, 3.05) is 63.8 Å². The summed E-state index contributed by atoms with van der Waals surface area (Å²) < 4.78 is 33.8. The molecule has 2 N–H and O–H groups in total. The lowest BCUT2D eigenvalue weighted by atomic mass is 10.2. The Balaban J connectivity index is 1.84. The third-order valence-corrected chi connectivity index (χ3v) is 5.72. The first-order valence-corrected chi connectivity index (χ1v) is 10.5. The van der Waals surface area contributed by atoms with Crippen molar-refractivity contribution in [2.24, 2.45) is 4.99 Å². The Bertz CT molecular complexity index is 707. The number of rotatable bonds is 7. The summed E-state index contributed by atoms with van der Waals surface area (Å²) in [6.07, 6.45) is 0. The van der Waals surface area contributed by atoms with E-state index in [1.807, 2.05) is 25.1 Å². The normalized spacial score (nSPS) is 17.6. The molecule has 0 aliphatic carbocycles. The Hall–Kier alpha value is -2.00. The first-order chi connectivity index (χ1) is 12.5. The summed E-state index contributed by atoms with van der Waals surface area (Å²) in [4.78, 5) is 6.35. The van der Waals surface area contributed by atoms with Crippen molar-refractivity contribution in [1.29, 1.82) is 0 Å². The summed E-state index contributed by atoms with van der Waals surface area (Å²) in [5.41, 5.74) is 0.836. The Labute approximate surface area is 155 Å². The number of hydrogen-bond donors (Lipinski definition) is 2. The lowest BCUT2D eigenvalue weighted by molar-refractivity contribution is 0.300. The highest BCUT2D eigenvalue weighted by Gasteiger charge is 2.20. The van der Waals surface area contributed by atoms with Crippen LogP contribution < -0.4 is 20.1 Å². The number of nitrogens with one attached hydrogen (secondary N) is 2. The van der Waals surface area contributed by atoms with Gasteiger partial charge in [0.05, 0.1) is 25.2 Å². The number of ether oxygens (including phenoxy) is 2. The SMILES string of the molecule is CCOc1ccc(NC(=NC)NCCN2CCS(=O)(=O)CC2)cc1OC. The molecule has 0 aromatic heterocycles. The highest BCUT2D eigenvalue weighted by Crippen LogP contribution is 2.30. The third kappa shape index (κ3) is 6.06. The van der Waals surface area contributed by atoms with Crippen LogP contribution in [-0.4, -0.2) is 77.7 Å². The molecule has 1 heterocycles. The maximum absolute atomic E-state index is 11.5. The predicted molar refractivity (Wildman–Crippen MR) is 104 cm³/mol. The topological polar surface area (TPSA) is 92.3 Å². The Kier molecular flexibility index (Phi) is 7.52. The standard InChI is InChI=1S/C17H28N4O4S/c1-4-25-15-6-5-14(13-16(15)24-3)20-17(18-2)19-7-8-21-9-11-26(22,23)12-10-21/h5-6,13H,4,7-12H2,1-3H3,(H2,18,19,20). The van der Waals surface area contributed by atoms with Crippen molar-refractivity contribution in [1.82, 2.24) is 10.2 Å². The smallest absolute Gasteiger partial charge is 0.195 e. The van der Waals surface area contributed by atoms with Gasteiger partial charge in [0, 0.05) is 45.0 Å². The lowest BCUT2D eigenvalue weighted by Crippen LogP contribution is -2.44. The molecule has 9 heteroatoms. The second-order valence-corrected chi connectivity index (χ2v) is 8.22. The molecular weight excluding hydrogens is 356 g/mol. The van der Waals surface area contributed by atoms with E-state index < -0.39 is 9.84 Å². The van der Waals surface area contributed by atoms with Crippen molar-refractivity contribution in [2.45, 2.75) is 6.92 Å². The van der Waals surface area contributed by atoms with Gasteiger partial charge in [-0.2, -0.15) is 0 Å². The summed E-state index contributed by atoms with van der Waals surface area (Å²) >= 11 is 0. The van der Waals surface area contributed by atoms with Crippen molar-refractivity contribution in [3.8, 4) is 11.5 Å². The first-order valence-electron chi connectivity index (χ1n) is 8.68. The molecule has 0 radical (unpaired) electrons. The number of hydrogen-bond acceptors (Lipinski definition) is 6. The summed E-state index contributed by atoms with van der Waals surface area (Å²) in [7, 11) is 0.471. The maximum atomic E-state index is 11.5. The highest BCUT2D eigenvalue weighted by molar-refractivity contribution is 7.91. The van der Waals surface area contributed by atoms with Gasteiger partial charge in [0.1, 0.15) is 0 Å². The fraction of sp³-hybridized carbons (Fsp3) is 0.588. The number of aliphatic imine (C=N–C) groups is 1. The molecule has 0 bridgehead atoms. The van der Waals surface area contributed by atoms with E-state index in [9.17, 15) is 8.42 Å². The van der Waals surface area contributed by atoms with E-state index in [0.717, 1.165) is 12.2 Å². The van der Waals surface area contributed by atoms with Gasteiger partial charge >= 0.3 is 0 Å². The van der Waals surface area contributed by atoms with Crippen LogP contribution in [0.2, 0.25) is 0 Å². The van der Waals surface area contributed by atoms with Crippen LogP contribution in [0.15, 0.2) is 23.2 Å². The predicted octanol–water partition coefficient (Wildman–Crippen LogP) is 0.812. The second-order valence-electron chi connectivity index (χ2n) is 5.92. The third-order valence-electron chi connectivity index (χ3n) is 4.11. The van der Waals surface area contributed by atoms with E-state index in [-0.39, 0.29) is 11.5 Å². The molecule has 1 aliphatic heterocycles. The number of benzene rings is 1. The Morgan fingerprint density at radius 1 is 1.27 bits per heavy atom. The number of methoxy groups -OCH3 is 1. The van der Waals surface area contributed by atoms with E-state index in [4.69, 9.17) is 9.47 Å². The summed E-state index contributed by atoms with van der Waals surface area (Å²) in [5.74, 6) is 2.48. The van der Waals surface area contributed by atoms with Gasteiger partial charge in [-0.25, -0.2) is 8.42 Å². The molecule has 1 aromatic rings. The van der Waals surface area contributed by atoms with Gasteiger partial charge < -0.3 is 20.1 Å². The molecule has 0 spiro atoms. The van der Waals surface area contributed by atoms with Gasteiger partial charge in [-0.05, 0) is 19.1 Å². The van der Waals surface area contributed by atoms with Crippen LogP contribution in [0.25, 0.3) is 0 Å². The van der Waals surface area contributed by atoms with Crippen molar-refractivity contribution >= 4 is 21.5 Å². The van der Waals surface area contributed by atoms with E-state index >= 15 is 0 Å². The van der Waals surface area contributed by atoms with Gasteiger partial charge in [0.25, 0.3) is 0 Å². The van der Waals surface area contributed by atoms with Gasteiger partial charge in [-0.1, -0.05) is 0 Å². The van der Waals surface area contributed by atoms with Gasteiger partial charge in [0.15, 0.2) is 27.3 Å². The highest BCUT2D eigenvalue weighted by atomic mass is 32.2. The monoisotopic (exact) mass is 384 g/mol. The zero-order chi connectivity index (χ0) is 19.0. The second kappa shape index (κ2) is 9.63. The van der Waals surface area contributed by atoms with Gasteiger partial charge in [-0.3, -0.25) is 9.89 Å². The summed E-state index contributed by atoms with van der Waals surface area (Å²) in [6, 6.07) is 5.61. The molecule has 2 rings (SSSR count). The van der Waals surface area contributed by atoms with Crippen molar-refractivity contribution in [3.05, 3.63) is 18.2 Å². The molecule has 26 heavy (non-hydrogen) atoms. The van der Waals surface area contributed by atoms with Crippen LogP contribution in [-0.2, 0) is 9.84 Å². The molecule has 0 unspecified atom stereocenters. The van der Waals surface area contributed by atoms with Crippen LogP contribution in [0.5, 0.6) is 11.5 Å². The Morgan fingerprint density at radius 3 is 2.62 bits per heavy atom. The van der Waals surface area contributed by atoms with E-state index in [1.165, 1.54) is 0 Å². The van der Waals surface area contributed by atoms with Gasteiger partial charge in [0.2, 0.25) is 0 Å². The fourth-order valence-electron chi connectivity index (χ4n) is 2.64. The number of nitrogens with zero attached hydrogens (tertiary/aromatic N) is 2. The molecule has 1 fully saturated rings. The minimum absolute atomic E-state index is 0.242. The van der Waals surface area contributed by atoms with Crippen molar-refractivity contribution in [3.63, 3.8) is 0 Å². The zero-order valence-electron chi connectivity index (χ0n) is 15.6.